The summed E-state index contributed by atoms with van der Waals surface area (Å²) in [6.45, 7) is 3.99. The van der Waals surface area contributed by atoms with Crippen molar-refractivity contribution in [3.05, 3.63) is 40.1 Å². The quantitative estimate of drug-likeness (QED) is 0.693. The Morgan fingerprint density at radius 3 is 2.38 bits per heavy atom. The second-order valence-electron chi connectivity index (χ2n) is 3.23. The zero-order valence-electron chi connectivity index (χ0n) is 8.20. The van der Waals surface area contributed by atoms with Crippen molar-refractivity contribution >= 4 is 0 Å². The van der Waals surface area contributed by atoms with E-state index < -0.39 is 0 Å². The molecule has 0 saturated carbocycles. The average molecular weight is 178 g/mol. The minimum absolute atomic E-state index is 0.0116. The van der Waals surface area contributed by atoms with Gasteiger partial charge in [0.15, 0.2) is 5.75 Å². The lowest BCUT2D eigenvalue weighted by Gasteiger charge is -2.01. The molecule has 0 aliphatic heterocycles. The van der Waals surface area contributed by atoms with Crippen LogP contribution in [0, 0.1) is 0 Å². The van der Waals surface area contributed by atoms with Gasteiger partial charge in [-0.1, -0.05) is 32.0 Å². The maximum atomic E-state index is 11.7. The summed E-state index contributed by atoms with van der Waals surface area (Å²) in [5.74, 6) is 0.641. The molecule has 0 saturated heterocycles. The molecular formula is C11H14O2. The van der Waals surface area contributed by atoms with E-state index in [1.807, 2.05) is 32.0 Å². The monoisotopic (exact) mass is 178 g/mol. The van der Waals surface area contributed by atoms with Gasteiger partial charge in [-0.25, -0.2) is 0 Å². The molecule has 0 heterocycles. The maximum absolute atomic E-state index is 11.7. The summed E-state index contributed by atoms with van der Waals surface area (Å²) in [5.41, 5.74) is 0.782. The SMILES string of the molecule is COc1ccccc(C(C)C)c1=O. The molecule has 0 unspecified atom stereocenters. The Morgan fingerprint density at radius 2 is 1.85 bits per heavy atom. The molecule has 1 rings (SSSR count). The van der Waals surface area contributed by atoms with E-state index in [9.17, 15) is 4.79 Å². The summed E-state index contributed by atoms with van der Waals surface area (Å²) in [5, 5.41) is 0. The molecule has 0 amide bonds. The van der Waals surface area contributed by atoms with Crippen molar-refractivity contribution in [3.63, 3.8) is 0 Å². The number of rotatable bonds is 2. The van der Waals surface area contributed by atoms with E-state index in [0.29, 0.717) is 5.75 Å². The summed E-state index contributed by atoms with van der Waals surface area (Å²) in [4.78, 5) is 11.7. The zero-order chi connectivity index (χ0) is 9.84. The smallest absolute Gasteiger partial charge is 0.223 e. The highest BCUT2D eigenvalue weighted by Crippen LogP contribution is 2.11. The fraction of sp³-hybridized carbons (Fsp3) is 0.364. The van der Waals surface area contributed by atoms with Crippen LogP contribution in [0.4, 0.5) is 0 Å². The Labute approximate surface area is 78.2 Å². The van der Waals surface area contributed by atoms with Crippen LogP contribution < -0.4 is 10.2 Å². The van der Waals surface area contributed by atoms with Crippen LogP contribution in [0.15, 0.2) is 29.1 Å². The Balaban J connectivity index is 3.40. The average Bonchev–Trinajstić information content (AvgIpc) is 2.26. The van der Waals surface area contributed by atoms with Gasteiger partial charge in [-0.3, -0.25) is 4.79 Å². The maximum Gasteiger partial charge on any atom is 0.223 e. The molecular weight excluding hydrogens is 164 g/mol. The third-order valence-electron chi connectivity index (χ3n) is 1.96. The molecule has 2 heteroatoms. The molecule has 0 aromatic heterocycles. The Morgan fingerprint density at radius 1 is 1.23 bits per heavy atom. The van der Waals surface area contributed by atoms with Gasteiger partial charge >= 0.3 is 0 Å². The van der Waals surface area contributed by atoms with Crippen molar-refractivity contribution in [2.75, 3.05) is 7.11 Å². The highest BCUT2D eigenvalue weighted by molar-refractivity contribution is 5.28. The molecule has 0 fully saturated rings. The van der Waals surface area contributed by atoms with Crippen LogP contribution in [0.25, 0.3) is 0 Å². The van der Waals surface area contributed by atoms with Crippen molar-refractivity contribution in [1.82, 2.24) is 0 Å². The van der Waals surface area contributed by atoms with Crippen molar-refractivity contribution in [2.24, 2.45) is 0 Å². The molecule has 0 bridgehead atoms. The summed E-state index contributed by atoms with van der Waals surface area (Å²) < 4.78 is 4.98. The minimum Gasteiger partial charge on any atom is -0.493 e. The zero-order valence-corrected chi connectivity index (χ0v) is 8.20. The highest BCUT2D eigenvalue weighted by atomic mass is 16.5. The van der Waals surface area contributed by atoms with E-state index in [0.717, 1.165) is 5.56 Å². The van der Waals surface area contributed by atoms with Crippen molar-refractivity contribution in [3.8, 4) is 5.75 Å². The number of hydrogen-bond donors (Lipinski definition) is 0. The lowest BCUT2D eigenvalue weighted by atomic mass is 10.1. The summed E-state index contributed by atoms with van der Waals surface area (Å²) in [7, 11) is 1.51. The van der Waals surface area contributed by atoms with Crippen LogP contribution in [0.2, 0.25) is 0 Å². The predicted molar refractivity (Wildman–Crippen MR) is 53.4 cm³/mol. The Hall–Kier alpha value is -1.31. The molecule has 1 aromatic rings. The van der Waals surface area contributed by atoms with Crippen LogP contribution in [0.1, 0.15) is 25.3 Å². The molecule has 0 aliphatic carbocycles. The normalized spacial score (nSPS) is 10.2. The van der Waals surface area contributed by atoms with Gasteiger partial charge in [-0.05, 0) is 12.0 Å². The van der Waals surface area contributed by atoms with Crippen LogP contribution >= 0.6 is 0 Å². The van der Waals surface area contributed by atoms with E-state index in [1.54, 1.807) is 6.07 Å². The second-order valence-corrected chi connectivity index (χ2v) is 3.23. The lowest BCUT2D eigenvalue weighted by Crippen LogP contribution is -2.09. The first kappa shape index (κ1) is 9.78. The Kier molecular flexibility index (Phi) is 3.07. The van der Waals surface area contributed by atoms with Crippen molar-refractivity contribution in [2.45, 2.75) is 19.8 Å². The van der Waals surface area contributed by atoms with E-state index >= 15 is 0 Å². The van der Waals surface area contributed by atoms with E-state index in [4.69, 9.17) is 4.74 Å². The van der Waals surface area contributed by atoms with Gasteiger partial charge in [0, 0.05) is 5.56 Å². The third kappa shape index (κ3) is 2.08. The van der Waals surface area contributed by atoms with E-state index in [-0.39, 0.29) is 11.3 Å². The molecule has 0 aliphatic rings. The van der Waals surface area contributed by atoms with Crippen LogP contribution in [-0.2, 0) is 0 Å². The van der Waals surface area contributed by atoms with Crippen LogP contribution in [-0.4, -0.2) is 7.11 Å². The molecule has 0 atom stereocenters. The van der Waals surface area contributed by atoms with Gasteiger partial charge in [0.05, 0.1) is 7.11 Å². The first-order chi connectivity index (χ1) is 6.16. The summed E-state index contributed by atoms with van der Waals surface area (Å²) in [6, 6.07) is 7.20. The second kappa shape index (κ2) is 4.08. The molecule has 2 nitrogen and oxygen atoms in total. The van der Waals surface area contributed by atoms with Gasteiger partial charge in [-0.2, -0.15) is 0 Å². The van der Waals surface area contributed by atoms with Gasteiger partial charge in [-0.15, -0.1) is 0 Å². The van der Waals surface area contributed by atoms with Crippen molar-refractivity contribution < 1.29 is 4.74 Å². The van der Waals surface area contributed by atoms with Gasteiger partial charge < -0.3 is 4.74 Å². The van der Waals surface area contributed by atoms with E-state index in [2.05, 4.69) is 0 Å². The highest BCUT2D eigenvalue weighted by Gasteiger charge is 2.06. The minimum atomic E-state index is -0.0116. The standard InChI is InChI=1S/C11H14O2/c1-8(2)9-6-4-5-7-10(13-3)11(9)12/h4-8H,1-3H3. The Bertz CT molecular complexity index is 342. The largest absolute Gasteiger partial charge is 0.493 e. The van der Waals surface area contributed by atoms with Crippen LogP contribution in [0.5, 0.6) is 5.75 Å². The summed E-state index contributed by atoms with van der Waals surface area (Å²) >= 11 is 0. The fourth-order valence-corrected chi connectivity index (χ4v) is 1.21. The molecule has 13 heavy (non-hydrogen) atoms. The van der Waals surface area contributed by atoms with Gasteiger partial charge in [0.1, 0.15) is 0 Å². The van der Waals surface area contributed by atoms with Gasteiger partial charge in [0.25, 0.3) is 0 Å². The summed E-state index contributed by atoms with van der Waals surface area (Å²) in [6.07, 6.45) is 0. The first-order valence-corrected chi connectivity index (χ1v) is 4.34. The predicted octanol–water partition coefficient (Wildman–Crippen LogP) is 2.18. The topological polar surface area (TPSA) is 26.3 Å². The molecule has 1 aromatic carbocycles. The first-order valence-electron chi connectivity index (χ1n) is 4.34. The number of ether oxygens (including phenoxy) is 1. The third-order valence-corrected chi connectivity index (χ3v) is 1.96. The lowest BCUT2D eigenvalue weighted by molar-refractivity contribution is 0.410. The fourth-order valence-electron chi connectivity index (χ4n) is 1.21. The van der Waals surface area contributed by atoms with Crippen molar-refractivity contribution in [1.29, 1.82) is 0 Å². The molecule has 0 N–H and O–H groups in total. The van der Waals surface area contributed by atoms with E-state index in [1.165, 1.54) is 7.11 Å². The van der Waals surface area contributed by atoms with Gasteiger partial charge in [0.2, 0.25) is 5.43 Å². The van der Waals surface area contributed by atoms with Crippen LogP contribution in [0.3, 0.4) is 0 Å². The molecule has 0 radical (unpaired) electrons. The number of methoxy groups -OCH3 is 1. The molecule has 0 spiro atoms. The molecule has 70 valence electrons. The number of hydrogen-bond acceptors (Lipinski definition) is 2.